The summed E-state index contributed by atoms with van der Waals surface area (Å²) >= 11 is 0. The number of benzene rings is 2. The summed E-state index contributed by atoms with van der Waals surface area (Å²) in [6.07, 6.45) is 1.69. The molecule has 4 aromatic rings. The Morgan fingerprint density at radius 2 is 1.79 bits per heavy atom. The van der Waals surface area contributed by atoms with Gasteiger partial charge in [0, 0.05) is 7.05 Å². The number of fused-ring (bicyclic) bond motifs is 1. The first-order valence-electron chi connectivity index (χ1n) is 9.21. The standard InChI is InChI=1S/C21H20N6O2/c1-22-18(28)12-17(14-8-4-2-5-9-14)24-21-25-19-16(20(29)26-21)13-23-27(19)15-10-6-3-7-11-15/h2-11,13,17H,12H2,1H3,(H,22,28)(H2,24,25,26,29). The molecule has 0 aliphatic carbocycles. The molecular formula is C21H20N6O2. The van der Waals surface area contributed by atoms with Crippen LogP contribution in [0.1, 0.15) is 18.0 Å². The van der Waals surface area contributed by atoms with Crippen LogP contribution in [0.3, 0.4) is 0 Å². The Morgan fingerprint density at radius 3 is 2.48 bits per heavy atom. The van der Waals surface area contributed by atoms with Crippen LogP contribution in [-0.4, -0.2) is 32.7 Å². The summed E-state index contributed by atoms with van der Waals surface area (Å²) in [5.74, 6) is 0.155. The van der Waals surface area contributed by atoms with Gasteiger partial charge in [0.1, 0.15) is 5.39 Å². The highest BCUT2D eigenvalue weighted by atomic mass is 16.1. The lowest BCUT2D eigenvalue weighted by Crippen LogP contribution is -2.25. The second kappa shape index (κ2) is 7.97. The van der Waals surface area contributed by atoms with Crippen molar-refractivity contribution in [1.82, 2.24) is 25.1 Å². The van der Waals surface area contributed by atoms with E-state index in [1.54, 1.807) is 11.7 Å². The molecule has 8 nitrogen and oxygen atoms in total. The van der Waals surface area contributed by atoms with E-state index in [1.807, 2.05) is 60.7 Å². The van der Waals surface area contributed by atoms with Gasteiger partial charge in [-0.25, -0.2) is 4.68 Å². The number of para-hydroxylation sites is 1. The Bertz CT molecular complexity index is 1180. The highest BCUT2D eigenvalue weighted by Gasteiger charge is 2.18. The molecule has 1 amide bonds. The van der Waals surface area contributed by atoms with Crippen LogP contribution in [-0.2, 0) is 4.79 Å². The van der Waals surface area contributed by atoms with Crippen LogP contribution in [0.5, 0.6) is 0 Å². The fourth-order valence-corrected chi connectivity index (χ4v) is 3.14. The smallest absolute Gasteiger partial charge is 0.263 e. The molecule has 0 aliphatic rings. The van der Waals surface area contributed by atoms with Crippen LogP contribution < -0.4 is 16.2 Å². The minimum absolute atomic E-state index is 0.121. The Hall–Kier alpha value is -3.94. The summed E-state index contributed by atoms with van der Waals surface area (Å²) < 4.78 is 1.62. The van der Waals surface area contributed by atoms with Crippen LogP contribution in [0, 0.1) is 0 Å². The van der Waals surface area contributed by atoms with Gasteiger partial charge in [-0.05, 0) is 17.7 Å². The lowest BCUT2D eigenvalue weighted by Gasteiger charge is -2.19. The molecule has 0 fully saturated rings. The third-order valence-corrected chi connectivity index (χ3v) is 4.62. The van der Waals surface area contributed by atoms with Gasteiger partial charge in [-0.1, -0.05) is 48.5 Å². The molecule has 146 valence electrons. The molecule has 2 aromatic heterocycles. The van der Waals surface area contributed by atoms with Crippen molar-refractivity contribution in [2.24, 2.45) is 0 Å². The van der Waals surface area contributed by atoms with E-state index in [4.69, 9.17) is 0 Å². The number of hydrogen-bond donors (Lipinski definition) is 3. The molecule has 2 aromatic carbocycles. The van der Waals surface area contributed by atoms with Crippen molar-refractivity contribution >= 4 is 22.9 Å². The van der Waals surface area contributed by atoms with Crippen molar-refractivity contribution in [2.45, 2.75) is 12.5 Å². The zero-order chi connectivity index (χ0) is 20.2. The number of rotatable bonds is 6. The molecule has 0 spiro atoms. The molecular weight excluding hydrogens is 368 g/mol. The van der Waals surface area contributed by atoms with Crippen LogP contribution in [0.15, 0.2) is 71.7 Å². The van der Waals surface area contributed by atoms with E-state index in [2.05, 4.69) is 25.7 Å². The van der Waals surface area contributed by atoms with E-state index in [1.165, 1.54) is 6.20 Å². The van der Waals surface area contributed by atoms with Gasteiger partial charge in [0.25, 0.3) is 5.56 Å². The maximum absolute atomic E-state index is 12.6. The largest absolute Gasteiger partial charge is 0.359 e. The number of carbonyl (C=O) groups excluding carboxylic acids is 1. The summed E-state index contributed by atoms with van der Waals surface area (Å²) in [5, 5.41) is 10.5. The molecule has 3 N–H and O–H groups in total. The monoisotopic (exact) mass is 388 g/mol. The molecule has 0 aliphatic heterocycles. The molecule has 1 unspecified atom stereocenters. The third-order valence-electron chi connectivity index (χ3n) is 4.62. The quantitative estimate of drug-likeness (QED) is 0.470. The van der Waals surface area contributed by atoms with E-state index in [-0.39, 0.29) is 29.9 Å². The molecule has 2 heterocycles. The first-order chi connectivity index (χ1) is 14.2. The van der Waals surface area contributed by atoms with Gasteiger partial charge in [0.2, 0.25) is 11.9 Å². The number of nitrogens with one attached hydrogen (secondary N) is 3. The van der Waals surface area contributed by atoms with Crippen molar-refractivity contribution in [1.29, 1.82) is 0 Å². The fourth-order valence-electron chi connectivity index (χ4n) is 3.14. The Morgan fingerprint density at radius 1 is 1.10 bits per heavy atom. The normalized spacial score (nSPS) is 11.9. The first kappa shape index (κ1) is 18.4. The minimum atomic E-state index is -0.357. The van der Waals surface area contributed by atoms with Gasteiger partial charge >= 0.3 is 0 Å². The van der Waals surface area contributed by atoms with Crippen molar-refractivity contribution in [2.75, 3.05) is 12.4 Å². The Labute approximate surface area is 166 Å². The third kappa shape index (κ3) is 3.86. The predicted octanol–water partition coefficient (Wildman–Crippen LogP) is 2.40. The number of anilines is 1. The molecule has 1 atom stereocenters. The number of amides is 1. The second-order valence-electron chi connectivity index (χ2n) is 6.53. The molecule has 0 radical (unpaired) electrons. The van der Waals surface area contributed by atoms with Crippen LogP contribution in [0.2, 0.25) is 0 Å². The van der Waals surface area contributed by atoms with E-state index < -0.39 is 0 Å². The fraction of sp³-hybridized carbons (Fsp3) is 0.143. The summed E-state index contributed by atoms with van der Waals surface area (Å²) in [5.41, 5.74) is 1.85. The van der Waals surface area contributed by atoms with Gasteiger partial charge in [0.05, 0.1) is 24.3 Å². The zero-order valence-electron chi connectivity index (χ0n) is 15.8. The Kier molecular flexibility index (Phi) is 5.07. The second-order valence-corrected chi connectivity index (χ2v) is 6.53. The molecule has 0 saturated carbocycles. The average molecular weight is 388 g/mol. The van der Waals surface area contributed by atoms with Gasteiger partial charge in [-0.2, -0.15) is 10.1 Å². The lowest BCUT2D eigenvalue weighted by atomic mass is 10.0. The molecule has 0 saturated heterocycles. The maximum atomic E-state index is 12.6. The van der Waals surface area contributed by atoms with Crippen LogP contribution in [0.25, 0.3) is 16.7 Å². The molecule has 8 heteroatoms. The van der Waals surface area contributed by atoms with Gasteiger partial charge < -0.3 is 10.6 Å². The summed E-state index contributed by atoms with van der Waals surface area (Å²) in [4.78, 5) is 31.9. The zero-order valence-corrected chi connectivity index (χ0v) is 15.8. The highest BCUT2D eigenvalue weighted by molar-refractivity contribution is 5.78. The van der Waals surface area contributed by atoms with Gasteiger partial charge in [-0.15, -0.1) is 0 Å². The number of H-pyrrole nitrogens is 1. The minimum Gasteiger partial charge on any atom is -0.359 e. The van der Waals surface area contributed by atoms with Crippen molar-refractivity contribution < 1.29 is 4.79 Å². The molecule has 29 heavy (non-hydrogen) atoms. The van der Waals surface area contributed by atoms with E-state index in [9.17, 15) is 9.59 Å². The number of aromatic amines is 1. The lowest BCUT2D eigenvalue weighted by molar-refractivity contribution is -0.120. The highest BCUT2D eigenvalue weighted by Crippen LogP contribution is 2.22. The summed E-state index contributed by atoms with van der Waals surface area (Å²) in [6, 6.07) is 18.7. The summed E-state index contributed by atoms with van der Waals surface area (Å²) in [7, 11) is 1.59. The van der Waals surface area contributed by atoms with Crippen LogP contribution >= 0.6 is 0 Å². The van der Waals surface area contributed by atoms with Crippen molar-refractivity contribution in [3.8, 4) is 5.69 Å². The van der Waals surface area contributed by atoms with Crippen LogP contribution in [0.4, 0.5) is 5.95 Å². The SMILES string of the molecule is CNC(=O)CC(Nc1nc2c(cnn2-c2ccccc2)c(=O)[nH]1)c1ccccc1. The first-order valence-corrected chi connectivity index (χ1v) is 9.21. The van der Waals surface area contributed by atoms with Gasteiger partial charge in [0.15, 0.2) is 5.65 Å². The van der Waals surface area contributed by atoms with E-state index >= 15 is 0 Å². The number of aromatic nitrogens is 4. The van der Waals surface area contributed by atoms with E-state index in [0.29, 0.717) is 11.0 Å². The Balaban J connectivity index is 1.74. The molecule has 0 bridgehead atoms. The van der Waals surface area contributed by atoms with Crippen molar-refractivity contribution in [3.63, 3.8) is 0 Å². The van der Waals surface area contributed by atoms with E-state index in [0.717, 1.165) is 11.3 Å². The number of carbonyl (C=O) groups is 1. The summed E-state index contributed by atoms with van der Waals surface area (Å²) in [6.45, 7) is 0. The van der Waals surface area contributed by atoms with Crippen molar-refractivity contribution in [3.05, 3.63) is 82.8 Å². The average Bonchev–Trinajstić information content (AvgIpc) is 3.19. The maximum Gasteiger partial charge on any atom is 0.263 e. The van der Waals surface area contributed by atoms with Gasteiger partial charge in [-0.3, -0.25) is 14.6 Å². The predicted molar refractivity (Wildman–Crippen MR) is 111 cm³/mol. The topological polar surface area (TPSA) is 105 Å². The number of hydrogen-bond acceptors (Lipinski definition) is 5. The molecule has 4 rings (SSSR count). The number of nitrogens with zero attached hydrogens (tertiary/aromatic N) is 3.